The zero-order chi connectivity index (χ0) is 23.0. The molecule has 0 atom stereocenters. The van der Waals surface area contributed by atoms with E-state index in [0.717, 1.165) is 33.3 Å². The summed E-state index contributed by atoms with van der Waals surface area (Å²) in [6.07, 6.45) is 3.93. The SMILES string of the molecule is C=CCc1cc(/C=c2\sc3nc4cc(C)c(C)cc4n3c2=O)cc(OC)c1OCC(=O)O. The van der Waals surface area contributed by atoms with E-state index in [1.807, 2.05) is 32.0 Å². The molecule has 32 heavy (non-hydrogen) atoms. The van der Waals surface area contributed by atoms with Gasteiger partial charge < -0.3 is 14.6 Å². The van der Waals surface area contributed by atoms with Crippen LogP contribution < -0.4 is 19.6 Å². The van der Waals surface area contributed by atoms with Crippen LogP contribution in [0.5, 0.6) is 11.5 Å². The van der Waals surface area contributed by atoms with Crippen LogP contribution in [-0.4, -0.2) is 34.2 Å². The van der Waals surface area contributed by atoms with Crippen LogP contribution in [0.25, 0.3) is 22.1 Å². The monoisotopic (exact) mass is 450 g/mol. The molecule has 0 unspecified atom stereocenters. The summed E-state index contributed by atoms with van der Waals surface area (Å²) in [6.45, 7) is 7.31. The van der Waals surface area contributed by atoms with Crippen molar-refractivity contribution >= 4 is 39.4 Å². The standard InChI is InChI=1S/C24H22N2O5S/c1-5-6-16-9-15(10-19(30-4)22(16)31-12-21(27)28)11-20-23(29)26-18-8-14(3)13(2)7-17(18)25-24(26)32-20/h5,7-11H,1,6,12H2,2-4H3,(H,27,28)/b20-11-. The van der Waals surface area contributed by atoms with E-state index in [1.54, 1.807) is 22.6 Å². The van der Waals surface area contributed by atoms with E-state index in [2.05, 4.69) is 11.6 Å². The number of carboxylic acids is 1. The smallest absolute Gasteiger partial charge is 0.341 e. The molecule has 1 N–H and O–H groups in total. The Morgan fingerprint density at radius 3 is 2.69 bits per heavy atom. The second-order valence-electron chi connectivity index (χ2n) is 7.46. The summed E-state index contributed by atoms with van der Waals surface area (Å²) in [7, 11) is 1.49. The Morgan fingerprint density at radius 1 is 1.25 bits per heavy atom. The van der Waals surface area contributed by atoms with Crippen molar-refractivity contribution < 1.29 is 19.4 Å². The number of allylic oxidation sites excluding steroid dienone is 1. The number of fused-ring (bicyclic) bond motifs is 3. The molecular formula is C24H22N2O5S. The summed E-state index contributed by atoms with van der Waals surface area (Å²) < 4.78 is 13.1. The first-order valence-corrected chi connectivity index (χ1v) is 10.7. The van der Waals surface area contributed by atoms with E-state index in [-0.39, 0.29) is 5.56 Å². The fourth-order valence-corrected chi connectivity index (χ4v) is 4.58. The van der Waals surface area contributed by atoms with E-state index in [4.69, 9.17) is 14.6 Å². The Hall–Kier alpha value is -3.65. The van der Waals surface area contributed by atoms with Gasteiger partial charge in [0.05, 0.1) is 22.7 Å². The van der Waals surface area contributed by atoms with E-state index in [0.29, 0.717) is 27.4 Å². The van der Waals surface area contributed by atoms with E-state index >= 15 is 0 Å². The van der Waals surface area contributed by atoms with E-state index in [1.165, 1.54) is 18.4 Å². The highest BCUT2D eigenvalue weighted by Gasteiger charge is 2.15. The van der Waals surface area contributed by atoms with Crippen LogP contribution in [0.1, 0.15) is 22.3 Å². The van der Waals surface area contributed by atoms with Crippen LogP contribution >= 0.6 is 11.3 Å². The third-order valence-corrected chi connectivity index (χ3v) is 6.20. The zero-order valence-electron chi connectivity index (χ0n) is 18.0. The average Bonchev–Trinajstić information content (AvgIpc) is 3.23. The maximum atomic E-state index is 13.2. The first-order chi connectivity index (χ1) is 15.3. The van der Waals surface area contributed by atoms with Crippen LogP contribution in [0.4, 0.5) is 0 Å². The van der Waals surface area contributed by atoms with Crippen LogP contribution in [0.3, 0.4) is 0 Å². The van der Waals surface area contributed by atoms with Gasteiger partial charge in [-0.15, -0.1) is 6.58 Å². The van der Waals surface area contributed by atoms with Gasteiger partial charge >= 0.3 is 5.97 Å². The summed E-state index contributed by atoms with van der Waals surface area (Å²) in [6, 6.07) is 7.55. The van der Waals surface area contributed by atoms with Crippen molar-refractivity contribution in [3.05, 3.63) is 74.1 Å². The van der Waals surface area contributed by atoms with Crippen molar-refractivity contribution in [2.45, 2.75) is 20.3 Å². The third-order valence-electron chi connectivity index (χ3n) is 5.23. The molecule has 0 saturated carbocycles. The summed E-state index contributed by atoms with van der Waals surface area (Å²) in [5, 5.41) is 8.96. The zero-order valence-corrected chi connectivity index (χ0v) is 18.8. The van der Waals surface area contributed by atoms with Gasteiger partial charge in [-0.25, -0.2) is 14.2 Å². The van der Waals surface area contributed by atoms with Crippen molar-refractivity contribution in [2.24, 2.45) is 0 Å². The number of benzene rings is 2. The highest BCUT2D eigenvalue weighted by atomic mass is 32.1. The van der Waals surface area contributed by atoms with Crippen LogP contribution in [0, 0.1) is 13.8 Å². The van der Waals surface area contributed by atoms with Crippen LogP contribution in [-0.2, 0) is 11.2 Å². The number of ether oxygens (including phenoxy) is 2. The minimum absolute atomic E-state index is 0.133. The van der Waals surface area contributed by atoms with Gasteiger partial charge in [0.1, 0.15) is 0 Å². The molecule has 0 aliphatic carbocycles. The summed E-state index contributed by atoms with van der Waals surface area (Å²) >= 11 is 1.32. The quantitative estimate of drug-likeness (QED) is 0.435. The number of hydrogen-bond acceptors (Lipinski definition) is 6. The minimum Gasteiger partial charge on any atom is -0.493 e. The molecule has 2 aromatic heterocycles. The second kappa shape index (κ2) is 8.47. The van der Waals surface area contributed by atoms with Gasteiger partial charge in [-0.2, -0.15) is 0 Å². The van der Waals surface area contributed by atoms with Gasteiger partial charge in [-0.05, 0) is 67.3 Å². The number of carbonyl (C=O) groups is 1. The number of aryl methyl sites for hydroxylation is 2. The number of methoxy groups -OCH3 is 1. The van der Waals surface area contributed by atoms with Gasteiger partial charge in [0.25, 0.3) is 5.56 Å². The molecule has 8 heteroatoms. The summed E-state index contributed by atoms with van der Waals surface area (Å²) in [4.78, 5) is 29.4. The molecule has 0 fully saturated rings. The predicted octanol–water partition coefficient (Wildman–Crippen LogP) is 3.27. The van der Waals surface area contributed by atoms with Crippen molar-refractivity contribution in [2.75, 3.05) is 13.7 Å². The van der Waals surface area contributed by atoms with Gasteiger partial charge in [0.15, 0.2) is 23.1 Å². The van der Waals surface area contributed by atoms with Crippen molar-refractivity contribution in [3.63, 3.8) is 0 Å². The average molecular weight is 451 g/mol. The topological polar surface area (TPSA) is 90.1 Å². The first kappa shape index (κ1) is 21.6. The molecular weight excluding hydrogens is 428 g/mol. The highest BCUT2D eigenvalue weighted by molar-refractivity contribution is 7.15. The lowest BCUT2D eigenvalue weighted by molar-refractivity contribution is -0.139. The number of hydrogen-bond donors (Lipinski definition) is 1. The summed E-state index contributed by atoms with van der Waals surface area (Å²) in [5.41, 5.74) is 5.16. The number of thiazole rings is 1. The molecule has 0 aliphatic heterocycles. The van der Waals surface area contributed by atoms with Gasteiger partial charge in [-0.3, -0.25) is 4.79 Å². The van der Waals surface area contributed by atoms with Gasteiger partial charge in [0, 0.05) is 5.56 Å². The number of aromatic nitrogens is 2. The Morgan fingerprint density at radius 2 is 2.00 bits per heavy atom. The van der Waals surface area contributed by atoms with Gasteiger partial charge in [0.2, 0.25) is 0 Å². The van der Waals surface area contributed by atoms with Crippen molar-refractivity contribution in [1.29, 1.82) is 0 Å². The molecule has 2 aromatic carbocycles. The molecule has 0 spiro atoms. The lowest BCUT2D eigenvalue weighted by Crippen LogP contribution is -2.22. The molecule has 7 nitrogen and oxygen atoms in total. The number of aliphatic carboxylic acids is 1. The molecule has 2 heterocycles. The minimum atomic E-state index is -1.08. The Kier molecular flexibility index (Phi) is 5.71. The second-order valence-corrected chi connectivity index (χ2v) is 8.47. The summed E-state index contributed by atoms with van der Waals surface area (Å²) in [5.74, 6) is -0.336. The lowest BCUT2D eigenvalue weighted by atomic mass is 10.1. The number of rotatable bonds is 7. The molecule has 0 amide bonds. The number of carboxylic acid groups (broad SMARTS) is 1. The molecule has 164 valence electrons. The van der Waals surface area contributed by atoms with E-state index < -0.39 is 12.6 Å². The molecule has 0 aliphatic rings. The fourth-order valence-electron chi connectivity index (χ4n) is 3.59. The number of imidazole rings is 1. The Bertz CT molecular complexity index is 1480. The predicted molar refractivity (Wildman–Crippen MR) is 125 cm³/mol. The van der Waals surface area contributed by atoms with E-state index in [9.17, 15) is 9.59 Å². The maximum absolute atomic E-state index is 13.2. The Balaban J connectivity index is 1.87. The fraction of sp³-hybridized carbons (Fsp3) is 0.208. The normalized spacial score (nSPS) is 11.9. The third kappa shape index (κ3) is 3.85. The van der Waals surface area contributed by atoms with Crippen LogP contribution in [0.15, 0.2) is 41.7 Å². The molecule has 0 bridgehead atoms. The van der Waals surface area contributed by atoms with Crippen molar-refractivity contribution in [1.82, 2.24) is 9.38 Å². The van der Waals surface area contributed by atoms with Crippen LogP contribution in [0.2, 0.25) is 0 Å². The molecule has 4 aromatic rings. The molecule has 4 rings (SSSR count). The highest BCUT2D eigenvalue weighted by Crippen LogP contribution is 2.34. The van der Waals surface area contributed by atoms with Gasteiger partial charge in [-0.1, -0.05) is 17.4 Å². The number of nitrogens with zero attached hydrogens (tertiary/aromatic N) is 2. The molecule has 0 saturated heterocycles. The molecule has 0 radical (unpaired) electrons. The Labute approximate surface area is 187 Å². The largest absolute Gasteiger partial charge is 0.493 e. The first-order valence-electron chi connectivity index (χ1n) is 9.92. The van der Waals surface area contributed by atoms with Crippen molar-refractivity contribution in [3.8, 4) is 11.5 Å². The lowest BCUT2D eigenvalue weighted by Gasteiger charge is -2.14. The maximum Gasteiger partial charge on any atom is 0.341 e.